The van der Waals surface area contributed by atoms with Crippen molar-refractivity contribution in [3.63, 3.8) is 0 Å². The van der Waals surface area contributed by atoms with Gasteiger partial charge in [-0.3, -0.25) is 0 Å². The third-order valence-corrected chi connectivity index (χ3v) is 4.11. The van der Waals surface area contributed by atoms with Crippen molar-refractivity contribution < 1.29 is 23.6 Å². The second-order valence-electron chi connectivity index (χ2n) is 8.14. The number of rotatable bonds is 10. The number of hydrogen-bond donors (Lipinski definition) is 0. The van der Waals surface area contributed by atoms with Crippen LogP contribution in [0.4, 0.5) is 0 Å². The van der Waals surface area contributed by atoms with Gasteiger partial charge in [0.2, 0.25) is 5.89 Å². The van der Waals surface area contributed by atoms with Crippen LogP contribution in [-0.2, 0) is 38.3 Å². The third kappa shape index (κ3) is 8.19. The second-order valence-corrected chi connectivity index (χ2v) is 8.14. The van der Waals surface area contributed by atoms with Crippen molar-refractivity contribution in [2.75, 3.05) is 6.61 Å². The van der Waals surface area contributed by atoms with Crippen molar-refractivity contribution in [2.45, 2.75) is 65.4 Å². The summed E-state index contributed by atoms with van der Waals surface area (Å²) >= 11 is 0. The van der Waals surface area contributed by atoms with Crippen LogP contribution in [0.15, 0.2) is 40.9 Å². The Bertz CT molecular complexity index is 862. The van der Waals surface area contributed by atoms with Crippen molar-refractivity contribution in [1.82, 2.24) is 10.1 Å². The summed E-state index contributed by atoms with van der Waals surface area (Å²) in [7, 11) is 0. The normalized spacial score (nSPS) is 11.2. The Morgan fingerprint density at radius 3 is 2.43 bits per heavy atom. The van der Waals surface area contributed by atoms with Crippen molar-refractivity contribution in [3.8, 4) is 0 Å². The lowest BCUT2D eigenvalue weighted by molar-refractivity contribution is -0.165. The van der Waals surface area contributed by atoms with Crippen LogP contribution in [0, 0.1) is 0 Å². The van der Waals surface area contributed by atoms with Gasteiger partial charge in [-0.2, -0.15) is 4.98 Å². The topological polar surface area (TPSA) is 91.5 Å². The van der Waals surface area contributed by atoms with E-state index < -0.39 is 24.1 Å². The summed E-state index contributed by atoms with van der Waals surface area (Å²) in [5, 5.41) is 3.96. The number of unbranched alkanes of at least 4 members (excludes halogenated alkanes) is 1. The molecule has 0 radical (unpaired) electrons. The van der Waals surface area contributed by atoms with Crippen LogP contribution in [0.5, 0.6) is 0 Å². The maximum Gasteiger partial charge on any atom is 0.344 e. The summed E-state index contributed by atoms with van der Waals surface area (Å²) in [6, 6.07) is 8.37. The first-order valence-electron chi connectivity index (χ1n) is 10.1. The molecule has 7 heteroatoms. The zero-order valence-electron chi connectivity index (χ0n) is 18.2. The molecule has 0 aliphatic rings. The van der Waals surface area contributed by atoms with Gasteiger partial charge in [-0.1, -0.05) is 49.3 Å². The van der Waals surface area contributed by atoms with Crippen LogP contribution in [0.25, 0.3) is 0 Å². The summed E-state index contributed by atoms with van der Waals surface area (Å²) in [6.45, 7) is 10.6. The van der Waals surface area contributed by atoms with Crippen molar-refractivity contribution in [2.24, 2.45) is 0 Å². The van der Waals surface area contributed by atoms with Crippen molar-refractivity contribution in [3.05, 3.63) is 59.3 Å². The van der Waals surface area contributed by atoms with Crippen LogP contribution in [0.1, 0.15) is 63.4 Å². The van der Waals surface area contributed by atoms with Crippen LogP contribution in [0.3, 0.4) is 0 Å². The van der Waals surface area contributed by atoms with Gasteiger partial charge < -0.3 is 14.0 Å². The molecule has 0 saturated carbocycles. The quantitative estimate of drug-likeness (QED) is 0.429. The Morgan fingerprint density at radius 1 is 1.13 bits per heavy atom. The Kier molecular flexibility index (Phi) is 8.33. The third-order valence-electron chi connectivity index (χ3n) is 4.11. The largest absolute Gasteiger partial charge is 0.457 e. The fraction of sp³-hybridized carbons (Fsp3) is 0.478. The minimum absolute atomic E-state index is 0.0517. The van der Waals surface area contributed by atoms with Gasteiger partial charge >= 0.3 is 11.9 Å². The molecule has 0 N–H and O–H groups in total. The van der Waals surface area contributed by atoms with Gasteiger partial charge in [0.15, 0.2) is 12.4 Å². The summed E-state index contributed by atoms with van der Waals surface area (Å²) in [5.74, 6) is -0.530. The van der Waals surface area contributed by atoms with Gasteiger partial charge in [0.05, 0.1) is 6.42 Å². The summed E-state index contributed by atoms with van der Waals surface area (Å²) in [5.41, 5.74) is 1.87. The van der Waals surface area contributed by atoms with Crippen molar-refractivity contribution in [1.29, 1.82) is 0 Å². The fourth-order valence-electron chi connectivity index (χ4n) is 2.67. The molecule has 0 spiro atoms. The number of carbonyl (C=O) groups is 2. The van der Waals surface area contributed by atoms with Gasteiger partial charge in [0.1, 0.15) is 5.60 Å². The number of hydrogen-bond acceptors (Lipinski definition) is 7. The van der Waals surface area contributed by atoms with Gasteiger partial charge in [-0.25, -0.2) is 9.59 Å². The predicted molar refractivity (Wildman–Crippen MR) is 112 cm³/mol. The molecule has 7 nitrogen and oxygen atoms in total. The minimum atomic E-state index is -0.705. The molecule has 0 amide bonds. The van der Waals surface area contributed by atoms with E-state index in [0.717, 1.165) is 12.0 Å². The SMILES string of the molecule is C=C(Cc1nc(Cc2ccc(CCCC)cc2)no1)C(=O)OCC(=O)OC(C)(C)C. The first-order valence-corrected chi connectivity index (χ1v) is 10.1. The molecule has 0 fully saturated rings. The number of nitrogens with zero attached hydrogens (tertiary/aromatic N) is 2. The van der Waals surface area contributed by atoms with Gasteiger partial charge in [0, 0.05) is 12.0 Å². The Balaban J connectivity index is 1.82. The lowest BCUT2D eigenvalue weighted by Gasteiger charge is -2.19. The first-order chi connectivity index (χ1) is 14.2. The lowest BCUT2D eigenvalue weighted by Crippen LogP contribution is -2.27. The van der Waals surface area contributed by atoms with E-state index in [1.807, 2.05) is 0 Å². The summed E-state index contributed by atoms with van der Waals surface area (Å²) in [4.78, 5) is 27.9. The smallest absolute Gasteiger partial charge is 0.344 e. The molecule has 30 heavy (non-hydrogen) atoms. The molecule has 1 heterocycles. The van der Waals surface area contributed by atoms with Crippen LogP contribution in [0.2, 0.25) is 0 Å². The highest BCUT2D eigenvalue weighted by Crippen LogP contribution is 2.13. The molecule has 1 aromatic heterocycles. The van der Waals surface area contributed by atoms with E-state index >= 15 is 0 Å². The van der Waals surface area contributed by atoms with Crippen LogP contribution in [-0.4, -0.2) is 34.3 Å². The highest BCUT2D eigenvalue weighted by Gasteiger charge is 2.19. The highest BCUT2D eigenvalue weighted by atomic mass is 16.6. The van der Waals surface area contributed by atoms with Crippen LogP contribution < -0.4 is 0 Å². The molecular formula is C23H30N2O5. The summed E-state index contributed by atoms with van der Waals surface area (Å²) < 4.78 is 15.2. The minimum Gasteiger partial charge on any atom is -0.457 e. The maximum absolute atomic E-state index is 12.0. The molecule has 1 aromatic carbocycles. The van der Waals surface area contributed by atoms with E-state index in [2.05, 4.69) is 47.9 Å². The average Bonchev–Trinajstić information content (AvgIpc) is 3.11. The second kappa shape index (κ2) is 10.7. The first kappa shape index (κ1) is 23.3. The predicted octanol–water partition coefficient (Wildman–Crippen LogP) is 3.99. The van der Waals surface area contributed by atoms with Gasteiger partial charge in [-0.05, 0) is 44.7 Å². The number of aryl methyl sites for hydroxylation is 1. The molecule has 0 saturated heterocycles. The number of benzene rings is 1. The lowest BCUT2D eigenvalue weighted by atomic mass is 10.0. The fourth-order valence-corrected chi connectivity index (χ4v) is 2.67. The molecular weight excluding hydrogens is 384 g/mol. The molecule has 0 atom stereocenters. The van der Waals surface area contributed by atoms with Crippen LogP contribution >= 0.6 is 0 Å². The molecule has 2 rings (SSSR count). The standard InChI is InChI=1S/C23H30N2O5/c1-6-7-8-17-9-11-18(12-10-17)14-19-24-20(30-25-19)13-16(2)22(27)28-15-21(26)29-23(3,4)5/h9-12H,2,6-8,13-15H2,1,3-5H3. The van der Waals surface area contributed by atoms with Gasteiger partial charge in [-0.15, -0.1) is 0 Å². The van der Waals surface area contributed by atoms with Crippen molar-refractivity contribution >= 4 is 11.9 Å². The van der Waals surface area contributed by atoms with E-state index in [1.165, 1.54) is 18.4 Å². The zero-order chi connectivity index (χ0) is 22.1. The van der Waals surface area contributed by atoms with E-state index in [1.54, 1.807) is 20.8 Å². The van der Waals surface area contributed by atoms with E-state index in [0.29, 0.717) is 12.2 Å². The Morgan fingerprint density at radius 2 is 1.80 bits per heavy atom. The number of ether oxygens (including phenoxy) is 2. The number of aromatic nitrogens is 2. The zero-order valence-corrected chi connectivity index (χ0v) is 18.2. The maximum atomic E-state index is 12.0. The molecule has 0 aliphatic carbocycles. The average molecular weight is 415 g/mol. The molecule has 0 unspecified atom stereocenters. The number of carbonyl (C=O) groups excluding carboxylic acids is 2. The molecule has 2 aromatic rings. The van der Waals surface area contributed by atoms with E-state index in [9.17, 15) is 9.59 Å². The Hall–Kier alpha value is -2.96. The highest BCUT2D eigenvalue weighted by molar-refractivity contribution is 5.89. The molecule has 0 bridgehead atoms. The Labute approximate surface area is 177 Å². The molecule has 0 aliphatic heterocycles. The monoisotopic (exact) mass is 414 g/mol. The van der Waals surface area contributed by atoms with E-state index in [-0.39, 0.29) is 17.9 Å². The number of esters is 2. The van der Waals surface area contributed by atoms with E-state index in [4.69, 9.17) is 14.0 Å². The van der Waals surface area contributed by atoms with Gasteiger partial charge in [0.25, 0.3) is 0 Å². The summed E-state index contributed by atoms with van der Waals surface area (Å²) in [6.07, 6.45) is 4.02. The molecule has 162 valence electrons.